The summed E-state index contributed by atoms with van der Waals surface area (Å²) in [7, 11) is 0. The van der Waals surface area contributed by atoms with Gasteiger partial charge in [-0.15, -0.1) is 0 Å². The lowest BCUT2D eigenvalue weighted by Gasteiger charge is -2.33. The quantitative estimate of drug-likeness (QED) is 0.746. The van der Waals surface area contributed by atoms with Crippen molar-refractivity contribution in [1.82, 2.24) is 25.3 Å². The monoisotopic (exact) mass is 386 g/mol. The number of nitrogens with zero attached hydrogens (tertiary/aromatic N) is 5. The number of hydrogen-bond acceptors (Lipinski definition) is 7. The molecule has 9 nitrogen and oxygen atoms in total. The fraction of sp³-hybridized carbons (Fsp3) is 0.632. The zero-order valence-electron chi connectivity index (χ0n) is 16.2. The van der Waals surface area contributed by atoms with Gasteiger partial charge >= 0.3 is 0 Å². The maximum Gasteiger partial charge on any atom is 0.263 e. The Labute approximate surface area is 163 Å². The Morgan fingerprint density at radius 1 is 1.32 bits per heavy atom. The number of aromatic nitrogens is 3. The normalized spacial score (nSPS) is 20.2. The predicted molar refractivity (Wildman–Crippen MR) is 103 cm³/mol. The van der Waals surface area contributed by atoms with E-state index in [0.717, 1.165) is 62.2 Å². The molecule has 2 aromatic heterocycles. The summed E-state index contributed by atoms with van der Waals surface area (Å²) in [5, 5.41) is 7.84. The number of fused-ring (bicyclic) bond motifs is 1. The minimum Gasteiger partial charge on any atom is -0.356 e. The third-order valence-electron chi connectivity index (χ3n) is 5.59. The number of aryl methyl sites for hydroxylation is 1. The minimum absolute atomic E-state index is 0.0739. The van der Waals surface area contributed by atoms with Gasteiger partial charge in [-0.05, 0) is 32.6 Å². The first kappa shape index (κ1) is 18.6. The third-order valence-corrected chi connectivity index (χ3v) is 5.59. The van der Waals surface area contributed by atoms with Gasteiger partial charge in [0, 0.05) is 39.1 Å². The molecular weight excluding hydrogens is 360 g/mol. The molecule has 9 heteroatoms. The van der Waals surface area contributed by atoms with Crippen LogP contribution in [0.25, 0.3) is 11.1 Å². The van der Waals surface area contributed by atoms with Crippen LogP contribution in [0.2, 0.25) is 0 Å². The van der Waals surface area contributed by atoms with Crippen molar-refractivity contribution in [3.8, 4) is 0 Å². The molecule has 2 fully saturated rings. The molecule has 2 aliphatic rings. The van der Waals surface area contributed by atoms with Gasteiger partial charge in [-0.1, -0.05) is 5.16 Å². The molecule has 2 amide bonds. The number of carbonyl (C=O) groups excluding carboxylic acids is 2. The largest absolute Gasteiger partial charge is 0.356 e. The Morgan fingerprint density at radius 2 is 2.21 bits per heavy atom. The highest BCUT2D eigenvalue weighted by molar-refractivity contribution is 5.88. The number of nitrogens with one attached hydrogen (secondary N) is 1. The summed E-state index contributed by atoms with van der Waals surface area (Å²) in [5.41, 5.74) is 1.24. The summed E-state index contributed by atoms with van der Waals surface area (Å²) in [6, 6.07) is 0. The average molecular weight is 386 g/mol. The molecule has 4 rings (SSSR count). The summed E-state index contributed by atoms with van der Waals surface area (Å²) < 4.78 is 5.23. The summed E-state index contributed by atoms with van der Waals surface area (Å²) in [6.45, 7) is 5.51. The summed E-state index contributed by atoms with van der Waals surface area (Å²) in [5.74, 6) is 1.01. The number of carbonyl (C=O) groups is 2. The topological polar surface area (TPSA) is 104 Å². The Balaban J connectivity index is 1.32. The van der Waals surface area contributed by atoms with E-state index >= 15 is 0 Å². The molecule has 150 valence electrons. The van der Waals surface area contributed by atoms with Crippen LogP contribution in [0, 0.1) is 12.8 Å². The predicted octanol–water partition coefficient (Wildman–Crippen LogP) is 1.27. The van der Waals surface area contributed by atoms with E-state index in [1.165, 1.54) is 6.33 Å². The Bertz CT molecular complexity index is 866. The second-order valence-electron chi connectivity index (χ2n) is 7.56. The van der Waals surface area contributed by atoms with Gasteiger partial charge in [0.2, 0.25) is 11.8 Å². The van der Waals surface area contributed by atoms with Crippen molar-refractivity contribution >= 4 is 28.7 Å². The molecule has 0 saturated carbocycles. The molecule has 28 heavy (non-hydrogen) atoms. The molecule has 0 spiro atoms. The van der Waals surface area contributed by atoms with E-state index in [0.29, 0.717) is 25.2 Å². The van der Waals surface area contributed by atoms with E-state index in [2.05, 4.69) is 25.3 Å². The van der Waals surface area contributed by atoms with Gasteiger partial charge in [0.15, 0.2) is 0 Å². The van der Waals surface area contributed by atoms with E-state index in [-0.39, 0.29) is 17.7 Å². The summed E-state index contributed by atoms with van der Waals surface area (Å²) in [4.78, 5) is 36.8. The van der Waals surface area contributed by atoms with Crippen LogP contribution in [0.5, 0.6) is 0 Å². The molecule has 0 radical (unpaired) electrons. The lowest BCUT2D eigenvalue weighted by Crippen LogP contribution is -2.44. The molecule has 0 bridgehead atoms. The van der Waals surface area contributed by atoms with E-state index < -0.39 is 0 Å². The molecule has 0 aliphatic carbocycles. The van der Waals surface area contributed by atoms with Crippen LogP contribution in [-0.4, -0.2) is 64.6 Å². The molecule has 1 atom stereocenters. The van der Waals surface area contributed by atoms with Crippen molar-refractivity contribution in [3.05, 3.63) is 12.0 Å². The van der Waals surface area contributed by atoms with Crippen LogP contribution >= 0.6 is 0 Å². The van der Waals surface area contributed by atoms with Gasteiger partial charge in [-0.25, -0.2) is 4.98 Å². The molecule has 1 N–H and O–H groups in total. The van der Waals surface area contributed by atoms with Crippen molar-refractivity contribution in [2.45, 2.75) is 39.0 Å². The first-order valence-electron chi connectivity index (χ1n) is 10.0. The Kier molecular flexibility index (Phi) is 5.40. The molecule has 0 aromatic carbocycles. The highest BCUT2D eigenvalue weighted by Gasteiger charge is 2.28. The van der Waals surface area contributed by atoms with Crippen LogP contribution in [0.4, 0.5) is 5.82 Å². The summed E-state index contributed by atoms with van der Waals surface area (Å²) >= 11 is 0. The molecule has 4 heterocycles. The second-order valence-corrected chi connectivity index (χ2v) is 7.56. The van der Waals surface area contributed by atoms with E-state index in [1.54, 1.807) is 0 Å². The van der Waals surface area contributed by atoms with Gasteiger partial charge in [-0.2, -0.15) is 4.98 Å². The van der Waals surface area contributed by atoms with Crippen molar-refractivity contribution in [1.29, 1.82) is 0 Å². The molecule has 2 aliphatic heterocycles. The zero-order chi connectivity index (χ0) is 19.5. The fourth-order valence-corrected chi connectivity index (χ4v) is 4.09. The Hall–Kier alpha value is -2.71. The first-order chi connectivity index (χ1) is 13.6. The minimum atomic E-state index is -0.0765. The molecule has 2 saturated heterocycles. The Morgan fingerprint density at radius 3 is 3.04 bits per heavy atom. The maximum atomic E-state index is 12.6. The number of anilines is 1. The smallest absolute Gasteiger partial charge is 0.263 e. The second kappa shape index (κ2) is 8.12. The van der Waals surface area contributed by atoms with Crippen LogP contribution in [-0.2, 0) is 9.59 Å². The highest BCUT2D eigenvalue weighted by Crippen LogP contribution is 2.29. The fourth-order valence-electron chi connectivity index (χ4n) is 4.09. The van der Waals surface area contributed by atoms with Gasteiger partial charge in [0.05, 0.1) is 11.6 Å². The molecule has 1 unspecified atom stereocenters. The number of likely N-dealkylation sites (tertiary alicyclic amines) is 1. The first-order valence-corrected chi connectivity index (χ1v) is 10.0. The summed E-state index contributed by atoms with van der Waals surface area (Å²) in [6.07, 6.45) is 5.67. The van der Waals surface area contributed by atoms with Gasteiger partial charge in [0.25, 0.3) is 5.71 Å². The lowest BCUT2D eigenvalue weighted by molar-refractivity contribution is -0.127. The van der Waals surface area contributed by atoms with Gasteiger partial charge in [-0.3, -0.25) is 9.59 Å². The van der Waals surface area contributed by atoms with Gasteiger partial charge < -0.3 is 19.6 Å². The van der Waals surface area contributed by atoms with E-state index in [4.69, 9.17) is 4.52 Å². The standard InChI is InChI=1S/C19H26N6O3/c1-13-16-17(21-12-22-19(16)28-23-13)25-9-2-5-14(11-25)18(27)20-7-4-10-24-8-3-6-15(24)26/h12,14H,2-11H2,1H3,(H,20,27). The molecule has 2 aromatic rings. The molecular formula is C19H26N6O3. The van der Waals surface area contributed by atoms with E-state index in [9.17, 15) is 9.59 Å². The SMILES string of the molecule is Cc1noc2ncnc(N3CCCC(C(=O)NCCCN4CCCC4=O)C3)c12. The average Bonchev–Trinajstić information content (AvgIpc) is 3.30. The van der Waals surface area contributed by atoms with Crippen LogP contribution in [0.1, 0.15) is 37.8 Å². The third kappa shape index (κ3) is 3.79. The van der Waals surface area contributed by atoms with Crippen molar-refractivity contribution in [2.75, 3.05) is 37.6 Å². The van der Waals surface area contributed by atoms with Crippen molar-refractivity contribution in [2.24, 2.45) is 5.92 Å². The van der Waals surface area contributed by atoms with Gasteiger partial charge in [0.1, 0.15) is 17.5 Å². The highest BCUT2D eigenvalue weighted by atomic mass is 16.5. The van der Waals surface area contributed by atoms with E-state index in [1.807, 2.05) is 11.8 Å². The number of amides is 2. The zero-order valence-corrected chi connectivity index (χ0v) is 16.2. The lowest BCUT2D eigenvalue weighted by atomic mass is 9.97. The van der Waals surface area contributed by atoms with Crippen LogP contribution in [0.3, 0.4) is 0 Å². The number of rotatable bonds is 6. The maximum absolute atomic E-state index is 12.6. The number of piperidine rings is 1. The van der Waals surface area contributed by atoms with Crippen LogP contribution in [0.15, 0.2) is 10.9 Å². The van der Waals surface area contributed by atoms with Crippen molar-refractivity contribution in [3.63, 3.8) is 0 Å². The number of hydrogen-bond donors (Lipinski definition) is 1. The van der Waals surface area contributed by atoms with Crippen LogP contribution < -0.4 is 10.2 Å². The van der Waals surface area contributed by atoms with Crippen molar-refractivity contribution < 1.29 is 14.1 Å².